The summed E-state index contributed by atoms with van der Waals surface area (Å²) in [7, 11) is 0. The average Bonchev–Trinajstić information content (AvgIpc) is 2.38. The van der Waals surface area contributed by atoms with Crippen molar-refractivity contribution in [3.05, 3.63) is 52.4 Å². The second kappa shape index (κ2) is 5.99. The van der Waals surface area contributed by atoms with Gasteiger partial charge in [-0.1, -0.05) is 12.1 Å². The summed E-state index contributed by atoms with van der Waals surface area (Å²) >= 11 is 3.13. The third-order valence-electron chi connectivity index (χ3n) is 2.59. The van der Waals surface area contributed by atoms with Crippen molar-refractivity contribution in [3.63, 3.8) is 0 Å². The summed E-state index contributed by atoms with van der Waals surface area (Å²) in [5.74, 6) is -0.364. The molecular formula is C13H13BrFN3O. The van der Waals surface area contributed by atoms with E-state index in [2.05, 4.69) is 26.2 Å². The number of nitrogens with two attached hydrogens (primary N) is 1. The van der Waals surface area contributed by atoms with Gasteiger partial charge in [0, 0.05) is 22.9 Å². The predicted molar refractivity (Wildman–Crippen MR) is 76.2 cm³/mol. The Morgan fingerprint density at radius 1 is 1.37 bits per heavy atom. The molecule has 0 bridgehead atoms. The van der Waals surface area contributed by atoms with Crippen LogP contribution in [0.3, 0.4) is 0 Å². The van der Waals surface area contributed by atoms with Crippen molar-refractivity contribution in [2.45, 2.75) is 6.10 Å². The van der Waals surface area contributed by atoms with Crippen molar-refractivity contribution in [1.29, 1.82) is 0 Å². The third-order valence-corrected chi connectivity index (χ3v) is 3.03. The van der Waals surface area contributed by atoms with Gasteiger partial charge in [0.25, 0.3) is 0 Å². The Kier molecular flexibility index (Phi) is 4.34. The lowest BCUT2D eigenvalue weighted by Gasteiger charge is -2.13. The van der Waals surface area contributed by atoms with E-state index in [0.29, 0.717) is 15.7 Å². The highest BCUT2D eigenvalue weighted by Crippen LogP contribution is 2.18. The molecule has 0 radical (unpaired) electrons. The van der Waals surface area contributed by atoms with Crippen LogP contribution < -0.4 is 11.1 Å². The lowest BCUT2D eigenvalue weighted by atomic mass is 10.1. The fourth-order valence-corrected chi connectivity index (χ4v) is 1.88. The van der Waals surface area contributed by atoms with E-state index >= 15 is 0 Å². The van der Waals surface area contributed by atoms with Gasteiger partial charge in [0.15, 0.2) is 11.6 Å². The maximum atomic E-state index is 13.5. The predicted octanol–water partition coefficient (Wildman–Crippen LogP) is 2.71. The molecular weight excluding hydrogens is 313 g/mol. The maximum Gasteiger partial charge on any atom is 0.166 e. The molecule has 0 amide bonds. The summed E-state index contributed by atoms with van der Waals surface area (Å²) in [4.78, 5) is 3.89. The van der Waals surface area contributed by atoms with Crippen molar-refractivity contribution in [3.8, 4) is 0 Å². The van der Waals surface area contributed by atoms with E-state index in [9.17, 15) is 9.50 Å². The first-order valence-electron chi connectivity index (χ1n) is 5.64. The molecule has 1 aromatic carbocycles. The van der Waals surface area contributed by atoms with Gasteiger partial charge in [-0.3, -0.25) is 0 Å². The van der Waals surface area contributed by atoms with E-state index in [0.717, 1.165) is 0 Å². The molecule has 2 rings (SSSR count). The molecule has 1 heterocycles. The van der Waals surface area contributed by atoms with Gasteiger partial charge in [0.05, 0.1) is 6.10 Å². The molecule has 0 saturated carbocycles. The number of hydrogen-bond donors (Lipinski definition) is 3. The molecule has 0 fully saturated rings. The normalized spacial score (nSPS) is 12.2. The number of nitrogen functional groups attached to an aromatic ring is 1. The number of nitrogens with one attached hydrogen (secondary N) is 1. The molecule has 19 heavy (non-hydrogen) atoms. The van der Waals surface area contributed by atoms with Crippen LogP contribution in [-0.2, 0) is 0 Å². The number of rotatable bonds is 4. The number of aromatic nitrogens is 1. The number of hydrogen-bond acceptors (Lipinski definition) is 4. The van der Waals surface area contributed by atoms with Crippen LogP contribution >= 0.6 is 15.9 Å². The molecule has 6 heteroatoms. The Hall–Kier alpha value is -1.66. The Labute approximate surface area is 118 Å². The Morgan fingerprint density at radius 3 is 2.68 bits per heavy atom. The number of anilines is 2. The summed E-state index contributed by atoms with van der Waals surface area (Å²) in [6, 6.07) is 8.18. The molecule has 0 saturated heterocycles. The van der Waals surface area contributed by atoms with Crippen LogP contribution in [-0.4, -0.2) is 16.6 Å². The number of halogens is 2. The summed E-state index contributed by atoms with van der Waals surface area (Å²) in [6.07, 6.45) is 0.728. The molecule has 1 unspecified atom stereocenters. The SMILES string of the molecule is Nc1ccc(C(O)CNc2ncc(Br)cc2F)cc1. The number of benzene rings is 1. The van der Waals surface area contributed by atoms with E-state index in [-0.39, 0.29) is 12.4 Å². The number of nitrogens with zero attached hydrogens (tertiary/aromatic N) is 1. The van der Waals surface area contributed by atoms with Gasteiger partial charge in [-0.25, -0.2) is 9.37 Å². The molecule has 0 spiro atoms. The third kappa shape index (κ3) is 3.65. The summed E-state index contributed by atoms with van der Waals surface area (Å²) in [5.41, 5.74) is 6.90. The lowest BCUT2D eigenvalue weighted by Crippen LogP contribution is -2.14. The smallest absolute Gasteiger partial charge is 0.166 e. The monoisotopic (exact) mass is 325 g/mol. The van der Waals surface area contributed by atoms with E-state index < -0.39 is 11.9 Å². The van der Waals surface area contributed by atoms with E-state index in [1.807, 2.05) is 0 Å². The Bertz CT molecular complexity index is 562. The second-order valence-electron chi connectivity index (χ2n) is 4.05. The van der Waals surface area contributed by atoms with E-state index in [1.165, 1.54) is 12.3 Å². The molecule has 0 aliphatic carbocycles. The summed E-state index contributed by atoms with van der Waals surface area (Å²) < 4.78 is 14.1. The minimum atomic E-state index is -0.759. The quantitative estimate of drug-likeness (QED) is 0.756. The summed E-state index contributed by atoms with van der Waals surface area (Å²) in [6.45, 7) is 0.162. The van der Waals surface area contributed by atoms with Crippen molar-refractivity contribution in [2.24, 2.45) is 0 Å². The number of pyridine rings is 1. The molecule has 4 N–H and O–H groups in total. The van der Waals surface area contributed by atoms with Gasteiger partial charge in [0.1, 0.15) is 0 Å². The lowest BCUT2D eigenvalue weighted by molar-refractivity contribution is 0.191. The second-order valence-corrected chi connectivity index (χ2v) is 4.96. The Morgan fingerprint density at radius 2 is 2.05 bits per heavy atom. The first-order valence-corrected chi connectivity index (χ1v) is 6.44. The maximum absolute atomic E-state index is 13.5. The largest absolute Gasteiger partial charge is 0.399 e. The van der Waals surface area contributed by atoms with Gasteiger partial charge in [0.2, 0.25) is 0 Å². The average molecular weight is 326 g/mol. The van der Waals surface area contributed by atoms with Crippen molar-refractivity contribution in [1.82, 2.24) is 4.98 Å². The van der Waals surface area contributed by atoms with E-state index in [4.69, 9.17) is 5.73 Å². The van der Waals surface area contributed by atoms with Crippen LogP contribution in [0.5, 0.6) is 0 Å². The topological polar surface area (TPSA) is 71.2 Å². The van der Waals surface area contributed by atoms with Gasteiger partial charge >= 0.3 is 0 Å². The van der Waals surface area contributed by atoms with Crippen molar-refractivity contribution >= 4 is 27.4 Å². The summed E-state index contributed by atoms with van der Waals surface area (Å²) in [5, 5.41) is 12.7. The molecule has 100 valence electrons. The van der Waals surface area contributed by atoms with Crippen LogP contribution in [0.2, 0.25) is 0 Å². The number of aliphatic hydroxyl groups excluding tert-OH is 1. The molecule has 1 aromatic heterocycles. The molecule has 4 nitrogen and oxygen atoms in total. The van der Waals surface area contributed by atoms with Gasteiger partial charge in [-0.05, 0) is 39.7 Å². The highest BCUT2D eigenvalue weighted by Gasteiger charge is 2.09. The minimum Gasteiger partial charge on any atom is -0.399 e. The van der Waals surface area contributed by atoms with Crippen LogP contribution in [0.1, 0.15) is 11.7 Å². The molecule has 0 aliphatic heterocycles. The van der Waals surface area contributed by atoms with Gasteiger partial charge < -0.3 is 16.2 Å². The van der Waals surface area contributed by atoms with Crippen molar-refractivity contribution in [2.75, 3.05) is 17.6 Å². The van der Waals surface area contributed by atoms with Crippen LogP contribution in [0, 0.1) is 5.82 Å². The zero-order valence-corrected chi connectivity index (χ0v) is 11.6. The zero-order valence-electron chi connectivity index (χ0n) is 9.98. The van der Waals surface area contributed by atoms with Crippen LogP contribution in [0.15, 0.2) is 41.0 Å². The Balaban J connectivity index is 2.00. The fraction of sp³-hybridized carbons (Fsp3) is 0.154. The fourth-order valence-electron chi connectivity index (χ4n) is 1.57. The first kappa shape index (κ1) is 13.8. The van der Waals surface area contributed by atoms with E-state index in [1.54, 1.807) is 24.3 Å². The van der Waals surface area contributed by atoms with Crippen molar-refractivity contribution < 1.29 is 9.50 Å². The molecule has 0 aliphatic rings. The highest BCUT2D eigenvalue weighted by molar-refractivity contribution is 9.10. The molecule has 1 atom stereocenters. The van der Waals surface area contributed by atoms with Gasteiger partial charge in [-0.2, -0.15) is 0 Å². The van der Waals surface area contributed by atoms with Gasteiger partial charge in [-0.15, -0.1) is 0 Å². The first-order chi connectivity index (χ1) is 9.06. The number of aliphatic hydroxyl groups is 1. The zero-order chi connectivity index (χ0) is 13.8. The standard InChI is InChI=1S/C13H13BrFN3O/c14-9-5-11(15)13(17-6-9)18-7-12(19)8-1-3-10(16)4-2-8/h1-6,12,19H,7,16H2,(H,17,18). The van der Waals surface area contributed by atoms with Crippen LogP contribution in [0.4, 0.5) is 15.9 Å². The minimum absolute atomic E-state index is 0.109. The molecule has 2 aromatic rings. The van der Waals surface area contributed by atoms with Crippen LogP contribution in [0.25, 0.3) is 0 Å². The highest BCUT2D eigenvalue weighted by atomic mass is 79.9.